The highest BCUT2D eigenvalue weighted by atomic mass is 35.5. The second kappa shape index (κ2) is 8.61. The smallest absolute Gasteiger partial charge is 0.252 e. The summed E-state index contributed by atoms with van der Waals surface area (Å²) in [4.78, 5) is 21.3. The number of halogens is 1. The van der Waals surface area contributed by atoms with Gasteiger partial charge in [0.15, 0.2) is 0 Å². The number of para-hydroxylation sites is 2. The van der Waals surface area contributed by atoms with Gasteiger partial charge in [0.2, 0.25) is 0 Å². The summed E-state index contributed by atoms with van der Waals surface area (Å²) in [5.41, 5.74) is 10.6. The number of carbonyl (C=O) groups excluding carboxylic acids is 1. The molecule has 6 heteroatoms. The Morgan fingerprint density at radius 2 is 2.03 bits per heavy atom. The van der Waals surface area contributed by atoms with Crippen molar-refractivity contribution in [1.82, 2.24) is 15.3 Å². The molecule has 0 spiro atoms. The molecule has 0 bridgehead atoms. The standard InChI is InChI=1S/C26H23ClN4O/c27-22-6-3-5-19-20(26(32)30-14-17-10-8-16(13-28)9-11-17)12-24(31-25(19)22)21-15-29-23-7-2-1-4-18(21)23/h1-8,10-12,15-16,29H,9,13-14,28H2,(H,30,32). The molecule has 5 nitrogen and oxygen atoms in total. The molecular formula is C26H23ClN4O. The molecule has 5 rings (SSSR count). The maximum atomic E-state index is 13.3. The molecule has 0 aliphatic heterocycles. The maximum absolute atomic E-state index is 13.3. The molecule has 32 heavy (non-hydrogen) atoms. The van der Waals surface area contributed by atoms with Crippen LogP contribution in [-0.2, 0) is 0 Å². The third-order valence-corrected chi connectivity index (χ3v) is 6.23. The fourth-order valence-electron chi connectivity index (χ4n) is 4.12. The van der Waals surface area contributed by atoms with Crippen LogP contribution in [0.2, 0.25) is 5.02 Å². The third kappa shape index (κ3) is 3.81. The summed E-state index contributed by atoms with van der Waals surface area (Å²) in [5, 5.41) is 5.35. The van der Waals surface area contributed by atoms with Crippen molar-refractivity contribution in [3.05, 3.63) is 89.1 Å². The fraction of sp³-hybridized carbons (Fsp3) is 0.154. The number of H-pyrrole nitrogens is 1. The molecule has 1 atom stereocenters. The van der Waals surface area contributed by atoms with Crippen molar-refractivity contribution in [3.63, 3.8) is 0 Å². The lowest BCUT2D eigenvalue weighted by Gasteiger charge is -2.15. The van der Waals surface area contributed by atoms with Crippen LogP contribution in [0.4, 0.5) is 0 Å². The van der Waals surface area contributed by atoms with Crippen LogP contribution < -0.4 is 11.1 Å². The number of nitrogens with one attached hydrogen (secondary N) is 2. The summed E-state index contributed by atoms with van der Waals surface area (Å²) in [7, 11) is 0. The Kier molecular flexibility index (Phi) is 5.52. The lowest BCUT2D eigenvalue weighted by molar-refractivity contribution is 0.0959. The van der Waals surface area contributed by atoms with E-state index in [9.17, 15) is 4.79 Å². The van der Waals surface area contributed by atoms with Crippen LogP contribution in [0.15, 0.2) is 78.5 Å². The molecule has 4 N–H and O–H groups in total. The first-order valence-corrected chi connectivity index (χ1v) is 11.0. The van der Waals surface area contributed by atoms with E-state index in [0.717, 1.165) is 33.8 Å². The zero-order chi connectivity index (χ0) is 22.1. The highest BCUT2D eigenvalue weighted by Crippen LogP contribution is 2.32. The van der Waals surface area contributed by atoms with Crippen molar-refractivity contribution in [2.45, 2.75) is 6.42 Å². The molecule has 2 aromatic heterocycles. The van der Waals surface area contributed by atoms with Crippen molar-refractivity contribution >= 4 is 39.3 Å². The zero-order valence-corrected chi connectivity index (χ0v) is 18.2. The Morgan fingerprint density at radius 1 is 1.19 bits per heavy atom. The number of carbonyl (C=O) groups is 1. The number of hydrogen-bond acceptors (Lipinski definition) is 3. The van der Waals surface area contributed by atoms with Crippen molar-refractivity contribution in [1.29, 1.82) is 0 Å². The summed E-state index contributed by atoms with van der Waals surface area (Å²) < 4.78 is 0. The van der Waals surface area contributed by atoms with E-state index < -0.39 is 0 Å². The Hall–Kier alpha value is -3.41. The first-order valence-electron chi connectivity index (χ1n) is 10.7. The zero-order valence-electron chi connectivity index (χ0n) is 17.4. The summed E-state index contributed by atoms with van der Waals surface area (Å²) >= 11 is 6.48. The van der Waals surface area contributed by atoms with E-state index >= 15 is 0 Å². The predicted octanol–water partition coefficient (Wildman–Crippen LogP) is 5.23. The largest absolute Gasteiger partial charge is 0.360 e. The van der Waals surface area contributed by atoms with E-state index in [4.69, 9.17) is 22.3 Å². The number of pyridine rings is 1. The molecule has 160 valence electrons. The molecule has 1 unspecified atom stereocenters. The highest BCUT2D eigenvalue weighted by Gasteiger charge is 2.17. The number of aromatic amines is 1. The van der Waals surface area contributed by atoms with E-state index in [1.165, 1.54) is 0 Å². The molecule has 0 saturated heterocycles. The topological polar surface area (TPSA) is 83.8 Å². The Labute approximate surface area is 191 Å². The van der Waals surface area contributed by atoms with E-state index in [0.29, 0.717) is 40.8 Å². The van der Waals surface area contributed by atoms with E-state index in [-0.39, 0.29) is 5.91 Å². The average Bonchev–Trinajstić information content (AvgIpc) is 3.27. The monoisotopic (exact) mass is 442 g/mol. The molecule has 1 amide bonds. The number of nitrogens with zero attached hydrogens (tertiary/aromatic N) is 1. The summed E-state index contributed by atoms with van der Waals surface area (Å²) in [6, 6.07) is 15.4. The number of aromatic nitrogens is 2. The molecule has 4 aromatic rings. The SMILES string of the molecule is NCC1C=CC(CNC(=O)c2cc(-c3c[nH]c4ccccc34)nc3c(Cl)cccc23)=CC1. The summed E-state index contributed by atoms with van der Waals surface area (Å²) in [5.74, 6) is 0.218. The van der Waals surface area contributed by atoms with Crippen LogP contribution in [0.3, 0.4) is 0 Å². The average molecular weight is 443 g/mol. The van der Waals surface area contributed by atoms with Crippen molar-refractivity contribution in [2.75, 3.05) is 13.1 Å². The summed E-state index contributed by atoms with van der Waals surface area (Å²) in [6.07, 6.45) is 9.11. The van der Waals surface area contributed by atoms with Crippen molar-refractivity contribution < 1.29 is 4.79 Å². The van der Waals surface area contributed by atoms with Crippen LogP contribution in [0.25, 0.3) is 33.1 Å². The molecule has 0 radical (unpaired) electrons. The second-order valence-corrected chi connectivity index (χ2v) is 8.40. The van der Waals surface area contributed by atoms with Gasteiger partial charge in [-0.3, -0.25) is 4.79 Å². The highest BCUT2D eigenvalue weighted by molar-refractivity contribution is 6.35. The van der Waals surface area contributed by atoms with E-state index in [1.54, 1.807) is 6.07 Å². The minimum atomic E-state index is -0.156. The molecule has 0 fully saturated rings. The van der Waals surface area contributed by atoms with E-state index in [1.807, 2.05) is 54.7 Å². The van der Waals surface area contributed by atoms with Crippen LogP contribution in [0.5, 0.6) is 0 Å². The van der Waals surface area contributed by atoms with Gasteiger partial charge in [-0.25, -0.2) is 4.98 Å². The van der Waals surface area contributed by atoms with Crippen LogP contribution in [-0.4, -0.2) is 29.0 Å². The third-order valence-electron chi connectivity index (χ3n) is 5.92. The number of allylic oxidation sites excluding steroid dienone is 1. The van der Waals surface area contributed by atoms with Gasteiger partial charge in [-0.1, -0.05) is 60.2 Å². The van der Waals surface area contributed by atoms with Crippen LogP contribution in [0.1, 0.15) is 16.8 Å². The van der Waals surface area contributed by atoms with E-state index in [2.05, 4.69) is 22.5 Å². The van der Waals surface area contributed by atoms with Crippen LogP contribution >= 0.6 is 11.6 Å². The quantitative estimate of drug-likeness (QED) is 0.395. The Bertz CT molecular complexity index is 1390. The first kappa shape index (κ1) is 20.5. The Balaban J connectivity index is 1.52. The van der Waals surface area contributed by atoms with Gasteiger partial charge in [-0.05, 0) is 42.7 Å². The van der Waals surface area contributed by atoms with Gasteiger partial charge in [0.25, 0.3) is 5.91 Å². The normalized spacial score (nSPS) is 15.8. The minimum absolute atomic E-state index is 0.156. The molecule has 0 saturated carbocycles. The predicted molar refractivity (Wildman–Crippen MR) is 131 cm³/mol. The fourth-order valence-corrected chi connectivity index (χ4v) is 4.33. The Morgan fingerprint density at radius 3 is 2.84 bits per heavy atom. The van der Waals surface area contributed by atoms with Gasteiger partial charge < -0.3 is 16.0 Å². The summed E-state index contributed by atoms with van der Waals surface area (Å²) in [6.45, 7) is 1.09. The number of nitrogens with two attached hydrogens (primary N) is 1. The second-order valence-electron chi connectivity index (χ2n) is 7.99. The number of benzene rings is 2. The van der Waals surface area contributed by atoms with Gasteiger partial charge in [-0.2, -0.15) is 0 Å². The maximum Gasteiger partial charge on any atom is 0.252 e. The molecule has 1 aliphatic rings. The lowest BCUT2D eigenvalue weighted by Crippen LogP contribution is -2.26. The van der Waals surface area contributed by atoms with Crippen molar-refractivity contribution in [3.8, 4) is 11.3 Å². The minimum Gasteiger partial charge on any atom is -0.360 e. The number of amides is 1. The van der Waals surface area contributed by atoms with Gasteiger partial charge in [0.05, 0.1) is 21.8 Å². The van der Waals surface area contributed by atoms with Crippen molar-refractivity contribution in [2.24, 2.45) is 11.7 Å². The number of hydrogen-bond donors (Lipinski definition) is 3. The molecular weight excluding hydrogens is 420 g/mol. The van der Waals surface area contributed by atoms with Gasteiger partial charge >= 0.3 is 0 Å². The van der Waals surface area contributed by atoms with Gasteiger partial charge in [-0.15, -0.1) is 0 Å². The first-order chi connectivity index (χ1) is 15.6. The molecule has 1 aliphatic carbocycles. The number of fused-ring (bicyclic) bond motifs is 2. The molecule has 2 heterocycles. The number of rotatable bonds is 5. The van der Waals surface area contributed by atoms with Gasteiger partial charge in [0.1, 0.15) is 0 Å². The van der Waals surface area contributed by atoms with Crippen LogP contribution in [0, 0.1) is 5.92 Å². The molecule has 2 aromatic carbocycles. The van der Waals surface area contributed by atoms with Gasteiger partial charge in [0, 0.05) is 34.6 Å². The lowest BCUT2D eigenvalue weighted by atomic mass is 9.97.